The van der Waals surface area contributed by atoms with Gasteiger partial charge in [0.15, 0.2) is 0 Å². The van der Waals surface area contributed by atoms with E-state index in [4.69, 9.17) is 4.42 Å². The number of aliphatic imine (C=N–C) groups is 2. The van der Waals surface area contributed by atoms with Crippen LogP contribution in [-0.2, 0) is 0 Å². The summed E-state index contributed by atoms with van der Waals surface area (Å²) in [4.78, 5) is 8.24. The summed E-state index contributed by atoms with van der Waals surface area (Å²) in [7, 11) is 0. The highest BCUT2D eigenvalue weighted by molar-refractivity contribution is 6.36. The van der Waals surface area contributed by atoms with Crippen molar-refractivity contribution in [3.63, 3.8) is 0 Å². The monoisotopic (exact) mass is 194 g/mol. The molecule has 0 atom stereocenters. The molecule has 14 heavy (non-hydrogen) atoms. The summed E-state index contributed by atoms with van der Waals surface area (Å²) in [6.45, 7) is 7.20. The van der Waals surface area contributed by atoms with Gasteiger partial charge < -0.3 is 4.42 Å². The van der Waals surface area contributed by atoms with Gasteiger partial charge in [0, 0.05) is 6.92 Å². The van der Waals surface area contributed by atoms with Crippen molar-refractivity contribution in [2.45, 2.75) is 20.8 Å². The minimum Gasteiger partial charge on any atom is -0.420 e. The molecule has 0 bridgehead atoms. The average molecular weight is 194 g/mol. The van der Waals surface area contributed by atoms with Crippen LogP contribution in [0.1, 0.15) is 25.6 Å². The molecular weight excluding hydrogens is 180 g/mol. The van der Waals surface area contributed by atoms with E-state index in [1.807, 2.05) is 13.8 Å². The van der Waals surface area contributed by atoms with Crippen molar-refractivity contribution in [1.82, 2.24) is 10.2 Å². The lowest BCUT2D eigenvalue weighted by Gasteiger charge is -1.99. The zero-order valence-electron chi connectivity index (χ0n) is 8.69. The van der Waals surface area contributed by atoms with Crippen LogP contribution in [0.4, 0.5) is 0 Å². The van der Waals surface area contributed by atoms with Crippen LogP contribution in [0.3, 0.4) is 0 Å². The van der Waals surface area contributed by atoms with E-state index in [2.05, 4.69) is 20.2 Å². The first-order valence-corrected chi connectivity index (χ1v) is 4.71. The third-order valence-corrected chi connectivity index (χ3v) is 1.47. The Bertz CT molecular complexity index is 340. The summed E-state index contributed by atoms with van der Waals surface area (Å²) in [6.07, 6.45) is 1.66. The van der Waals surface area contributed by atoms with Crippen LogP contribution >= 0.6 is 0 Å². The van der Waals surface area contributed by atoms with Crippen LogP contribution in [0.2, 0.25) is 0 Å². The standard InChI is InChI=1S/C7H8N4O.C2H6/c1-5-10-11-7(12-5)6-4-8-2-3-9-6;1-2/h4H,2-3H2,1H3;1-2H3. The van der Waals surface area contributed by atoms with Crippen molar-refractivity contribution >= 4 is 11.9 Å². The second-order valence-corrected chi connectivity index (χ2v) is 2.43. The fourth-order valence-electron chi connectivity index (χ4n) is 0.943. The molecule has 1 aliphatic heterocycles. The van der Waals surface area contributed by atoms with Gasteiger partial charge in [-0.05, 0) is 0 Å². The first kappa shape index (κ1) is 10.6. The van der Waals surface area contributed by atoms with E-state index >= 15 is 0 Å². The largest absolute Gasteiger partial charge is 0.420 e. The average Bonchev–Trinajstić information content (AvgIpc) is 2.69. The number of hydrogen-bond acceptors (Lipinski definition) is 5. The van der Waals surface area contributed by atoms with Crippen LogP contribution in [0, 0.1) is 6.92 Å². The molecule has 0 aliphatic carbocycles. The number of aromatic nitrogens is 2. The van der Waals surface area contributed by atoms with Crippen LogP contribution in [0.5, 0.6) is 0 Å². The first-order chi connectivity index (χ1) is 6.86. The Morgan fingerprint density at radius 1 is 1.21 bits per heavy atom. The van der Waals surface area contributed by atoms with Crippen molar-refractivity contribution in [2.75, 3.05) is 13.1 Å². The Kier molecular flexibility index (Phi) is 3.97. The zero-order chi connectivity index (χ0) is 10.4. The molecule has 0 amide bonds. The van der Waals surface area contributed by atoms with Crippen molar-refractivity contribution in [1.29, 1.82) is 0 Å². The molecular formula is C9H14N4O. The summed E-state index contributed by atoms with van der Waals surface area (Å²) < 4.78 is 5.18. The van der Waals surface area contributed by atoms with Crippen molar-refractivity contribution < 1.29 is 4.42 Å². The Morgan fingerprint density at radius 2 is 2.00 bits per heavy atom. The SMILES string of the molecule is CC.Cc1nnc(C2=NCCN=C2)o1. The molecule has 0 fully saturated rings. The minimum absolute atomic E-state index is 0.455. The molecule has 5 nitrogen and oxygen atoms in total. The van der Waals surface area contributed by atoms with Gasteiger partial charge in [-0.1, -0.05) is 13.8 Å². The molecule has 2 rings (SSSR count). The lowest BCUT2D eigenvalue weighted by atomic mass is 10.3. The molecule has 0 saturated heterocycles. The van der Waals surface area contributed by atoms with E-state index in [1.54, 1.807) is 13.1 Å². The second kappa shape index (κ2) is 5.26. The van der Waals surface area contributed by atoms with E-state index in [1.165, 1.54) is 0 Å². The van der Waals surface area contributed by atoms with Gasteiger partial charge in [-0.3, -0.25) is 9.98 Å². The fraction of sp³-hybridized carbons (Fsp3) is 0.556. The third kappa shape index (κ3) is 2.48. The molecule has 0 aromatic carbocycles. The normalized spacial score (nSPS) is 14.4. The van der Waals surface area contributed by atoms with Crippen LogP contribution in [0.15, 0.2) is 14.4 Å². The zero-order valence-corrected chi connectivity index (χ0v) is 8.69. The van der Waals surface area contributed by atoms with Gasteiger partial charge in [-0.15, -0.1) is 10.2 Å². The highest BCUT2D eigenvalue weighted by Gasteiger charge is 2.09. The summed E-state index contributed by atoms with van der Waals surface area (Å²) >= 11 is 0. The molecule has 1 aromatic heterocycles. The van der Waals surface area contributed by atoms with Gasteiger partial charge in [0.25, 0.3) is 5.89 Å². The fourth-order valence-corrected chi connectivity index (χ4v) is 0.943. The third-order valence-electron chi connectivity index (χ3n) is 1.47. The molecule has 0 unspecified atom stereocenters. The maximum Gasteiger partial charge on any atom is 0.267 e. The molecule has 1 aromatic rings. The second-order valence-electron chi connectivity index (χ2n) is 2.43. The highest BCUT2D eigenvalue weighted by atomic mass is 16.4. The van der Waals surface area contributed by atoms with Crippen molar-refractivity contribution in [3.8, 4) is 0 Å². The van der Waals surface area contributed by atoms with Gasteiger partial charge in [0.1, 0.15) is 5.71 Å². The van der Waals surface area contributed by atoms with E-state index in [-0.39, 0.29) is 0 Å². The lowest BCUT2D eigenvalue weighted by molar-refractivity contribution is 0.511. The van der Waals surface area contributed by atoms with Crippen LogP contribution in [0.25, 0.3) is 0 Å². The van der Waals surface area contributed by atoms with Gasteiger partial charge in [0.2, 0.25) is 5.89 Å². The van der Waals surface area contributed by atoms with Crippen molar-refractivity contribution in [2.24, 2.45) is 9.98 Å². The van der Waals surface area contributed by atoms with Gasteiger partial charge in [0.05, 0.1) is 19.3 Å². The predicted molar refractivity (Wildman–Crippen MR) is 55.1 cm³/mol. The summed E-state index contributed by atoms with van der Waals surface area (Å²) in [5, 5.41) is 7.53. The summed E-state index contributed by atoms with van der Waals surface area (Å²) in [5.41, 5.74) is 0.682. The number of hydrogen-bond donors (Lipinski definition) is 0. The lowest BCUT2D eigenvalue weighted by Crippen LogP contribution is -2.10. The van der Waals surface area contributed by atoms with Crippen LogP contribution < -0.4 is 0 Å². The van der Waals surface area contributed by atoms with E-state index in [0.29, 0.717) is 24.0 Å². The molecule has 0 saturated carbocycles. The summed E-state index contributed by atoms with van der Waals surface area (Å²) in [6, 6.07) is 0. The van der Waals surface area contributed by atoms with Crippen LogP contribution in [-0.4, -0.2) is 35.2 Å². The molecule has 0 N–H and O–H groups in total. The first-order valence-electron chi connectivity index (χ1n) is 4.71. The van der Waals surface area contributed by atoms with Crippen molar-refractivity contribution in [3.05, 3.63) is 11.8 Å². The smallest absolute Gasteiger partial charge is 0.267 e. The molecule has 5 heteroatoms. The summed E-state index contributed by atoms with van der Waals surface area (Å²) in [5.74, 6) is 1.00. The number of rotatable bonds is 1. The Morgan fingerprint density at radius 3 is 2.50 bits per heavy atom. The Balaban J connectivity index is 0.000000461. The van der Waals surface area contributed by atoms with E-state index in [9.17, 15) is 0 Å². The number of nitrogens with zero attached hydrogens (tertiary/aromatic N) is 4. The molecule has 1 aliphatic rings. The maximum absolute atomic E-state index is 5.18. The Hall–Kier alpha value is -1.52. The van der Waals surface area contributed by atoms with Gasteiger partial charge in [-0.2, -0.15) is 0 Å². The van der Waals surface area contributed by atoms with Gasteiger partial charge >= 0.3 is 0 Å². The quantitative estimate of drug-likeness (QED) is 0.676. The maximum atomic E-state index is 5.18. The van der Waals surface area contributed by atoms with E-state index in [0.717, 1.165) is 6.54 Å². The molecule has 0 spiro atoms. The molecule has 2 heterocycles. The predicted octanol–water partition coefficient (Wildman–Crippen LogP) is 1.28. The molecule has 76 valence electrons. The van der Waals surface area contributed by atoms with E-state index < -0.39 is 0 Å². The molecule has 0 radical (unpaired) electrons. The highest BCUT2D eigenvalue weighted by Crippen LogP contribution is 2.01. The topological polar surface area (TPSA) is 63.6 Å². The minimum atomic E-state index is 0.455. The van der Waals surface area contributed by atoms with Gasteiger partial charge in [-0.25, -0.2) is 0 Å². The Labute approximate surface area is 83.0 Å². The number of aryl methyl sites for hydroxylation is 1.